The zero-order valence-electron chi connectivity index (χ0n) is 10.3. The summed E-state index contributed by atoms with van der Waals surface area (Å²) in [5.41, 5.74) is 2.18. The minimum Gasteiger partial charge on any atom is -0.396 e. The van der Waals surface area contributed by atoms with Crippen molar-refractivity contribution in [2.45, 2.75) is 13.8 Å². The summed E-state index contributed by atoms with van der Waals surface area (Å²) in [6.45, 7) is 4.47. The van der Waals surface area contributed by atoms with Gasteiger partial charge < -0.3 is 10.4 Å². The summed E-state index contributed by atoms with van der Waals surface area (Å²) in [6, 6.07) is 7.94. The number of carbonyl (C=O) groups is 1. The van der Waals surface area contributed by atoms with Crippen molar-refractivity contribution in [3.8, 4) is 0 Å². The van der Waals surface area contributed by atoms with Gasteiger partial charge in [-0.25, -0.2) is 0 Å². The van der Waals surface area contributed by atoms with Crippen molar-refractivity contribution < 1.29 is 9.90 Å². The second kappa shape index (κ2) is 6.86. The fourth-order valence-corrected chi connectivity index (χ4v) is 1.34. The zero-order valence-corrected chi connectivity index (χ0v) is 10.3. The van der Waals surface area contributed by atoms with Gasteiger partial charge in [0, 0.05) is 19.2 Å². The topological polar surface area (TPSA) is 49.3 Å². The Morgan fingerprint density at radius 2 is 2.29 bits per heavy atom. The lowest BCUT2D eigenvalue weighted by molar-refractivity contribution is -0.116. The molecular weight excluding hydrogens is 214 g/mol. The van der Waals surface area contributed by atoms with E-state index in [1.807, 2.05) is 38.1 Å². The Kier molecular flexibility index (Phi) is 5.43. The van der Waals surface area contributed by atoms with Crippen molar-refractivity contribution in [3.05, 3.63) is 41.5 Å². The van der Waals surface area contributed by atoms with Gasteiger partial charge in [-0.3, -0.25) is 4.79 Å². The number of carbonyl (C=O) groups excluding carboxylic acids is 1. The first-order valence-corrected chi connectivity index (χ1v) is 5.75. The molecule has 1 unspecified atom stereocenters. The predicted octanol–water partition coefficient (Wildman–Crippen LogP) is 1.75. The Morgan fingerprint density at radius 1 is 1.53 bits per heavy atom. The van der Waals surface area contributed by atoms with Crippen LogP contribution in [0, 0.1) is 12.8 Å². The van der Waals surface area contributed by atoms with Crippen LogP contribution in [-0.2, 0) is 4.79 Å². The zero-order chi connectivity index (χ0) is 12.7. The Balaban J connectivity index is 2.45. The number of amides is 1. The van der Waals surface area contributed by atoms with E-state index in [2.05, 4.69) is 5.32 Å². The van der Waals surface area contributed by atoms with Crippen LogP contribution in [0.3, 0.4) is 0 Å². The lowest BCUT2D eigenvalue weighted by atomic mass is 10.1. The number of aryl methyl sites for hydroxylation is 1. The van der Waals surface area contributed by atoms with E-state index in [9.17, 15) is 4.79 Å². The Morgan fingerprint density at radius 3 is 2.94 bits per heavy atom. The van der Waals surface area contributed by atoms with Crippen LogP contribution in [-0.4, -0.2) is 24.2 Å². The quantitative estimate of drug-likeness (QED) is 0.761. The summed E-state index contributed by atoms with van der Waals surface area (Å²) < 4.78 is 0. The molecule has 92 valence electrons. The number of rotatable bonds is 5. The van der Waals surface area contributed by atoms with Crippen LogP contribution < -0.4 is 5.32 Å². The van der Waals surface area contributed by atoms with Gasteiger partial charge >= 0.3 is 0 Å². The Labute approximate surface area is 102 Å². The highest BCUT2D eigenvalue weighted by Crippen LogP contribution is 2.05. The first-order chi connectivity index (χ1) is 8.11. The smallest absolute Gasteiger partial charge is 0.244 e. The van der Waals surface area contributed by atoms with Crippen LogP contribution >= 0.6 is 0 Å². The molecule has 17 heavy (non-hydrogen) atoms. The molecule has 0 aliphatic heterocycles. The molecule has 0 aromatic heterocycles. The van der Waals surface area contributed by atoms with Crippen LogP contribution in [0.15, 0.2) is 30.3 Å². The average molecular weight is 233 g/mol. The predicted molar refractivity (Wildman–Crippen MR) is 69.5 cm³/mol. The van der Waals surface area contributed by atoms with Gasteiger partial charge in [-0.15, -0.1) is 0 Å². The fourth-order valence-electron chi connectivity index (χ4n) is 1.34. The van der Waals surface area contributed by atoms with Crippen molar-refractivity contribution in [2.75, 3.05) is 13.2 Å². The average Bonchev–Trinajstić information content (AvgIpc) is 2.33. The van der Waals surface area contributed by atoms with Gasteiger partial charge in [-0.1, -0.05) is 36.8 Å². The Bertz CT molecular complexity index is 399. The molecule has 1 aromatic rings. The summed E-state index contributed by atoms with van der Waals surface area (Å²) >= 11 is 0. The van der Waals surface area contributed by atoms with E-state index in [4.69, 9.17) is 5.11 Å². The van der Waals surface area contributed by atoms with E-state index in [-0.39, 0.29) is 18.4 Å². The molecule has 0 saturated carbocycles. The molecule has 0 saturated heterocycles. The first kappa shape index (κ1) is 13.5. The molecular formula is C14H19NO2. The molecule has 3 nitrogen and oxygen atoms in total. The van der Waals surface area contributed by atoms with Gasteiger partial charge in [-0.2, -0.15) is 0 Å². The molecule has 1 atom stereocenters. The summed E-state index contributed by atoms with van der Waals surface area (Å²) in [5, 5.41) is 11.5. The van der Waals surface area contributed by atoms with Gasteiger partial charge in [0.1, 0.15) is 0 Å². The first-order valence-electron chi connectivity index (χ1n) is 5.75. The molecule has 1 aromatic carbocycles. The third-order valence-corrected chi connectivity index (χ3v) is 2.41. The molecule has 2 N–H and O–H groups in total. The van der Waals surface area contributed by atoms with E-state index < -0.39 is 0 Å². The fraction of sp³-hybridized carbons (Fsp3) is 0.357. The molecule has 0 heterocycles. The maximum atomic E-state index is 11.4. The van der Waals surface area contributed by atoms with E-state index in [1.54, 1.807) is 6.08 Å². The highest BCUT2D eigenvalue weighted by molar-refractivity contribution is 5.91. The maximum absolute atomic E-state index is 11.4. The van der Waals surface area contributed by atoms with Crippen molar-refractivity contribution in [3.63, 3.8) is 0 Å². The number of nitrogens with one attached hydrogen (secondary N) is 1. The molecule has 3 heteroatoms. The number of hydrogen-bond acceptors (Lipinski definition) is 2. The molecule has 0 aliphatic carbocycles. The van der Waals surface area contributed by atoms with E-state index in [1.165, 1.54) is 11.6 Å². The van der Waals surface area contributed by atoms with Crippen LogP contribution in [0.4, 0.5) is 0 Å². The molecule has 0 bridgehead atoms. The van der Waals surface area contributed by atoms with E-state index in [0.29, 0.717) is 6.54 Å². The highest BCUT2D eigenvalue weighted by Gasteiger charge is 2.01. The molecule has 1 rings (SSSR count). The standard InChI is InChI=1S/C14H19NO2/c1-11-4-3-5-13(8-11)6-7-14(17)15-9-12(2)10-16/h3-8,12,16H,9-10H2,1-2H3,(H,15,17). The van der Waals surface area contributed by atoms with Gasteiger partial charge in [0.15, 0.2) is 0 Å². The van der Waals surface area contributed by atoms with E-state index in [0.717, 1.165) is 5.56 Å². The molecule has 1 amide bonds. The van der Waals surface area contributed by atoms with Gasteiger partial charge in [0.2, 0.25) is 5.91 Å². The summed E-state index contributed by atoms with van der Waals surface area (Å²) in [4.78, 5) is 11.4. The van der Waals surface area contributed by atoms with Gasteiger partial charge in [-0.05, 0) is 24.5 Å². The number of hydrogen-bond donors (Lipinski definition) is 2. The van der Waals surface area contributed by atoms with Crippen LogP contribution in [0.2, 0.25) is 0 Å². The van der Waals surface area contributed by atoms with Gasteiger partial charge in [0.25, 0.3) is 0 Å². The summed E-state index contributed by atoms with van der Waals surface area (Å²) in [6.07, 6.45) is 3.30. The molecule has 0 aliphatic rings. The number of aliphatic hydroxyl groups excluding tert-OH is 1. The molecule has 0 fully saturated rings. The second-order valence-electron chi connectivity index (χ2n) is 4.28. The van der Waals surface area contributed by atoms with Gasteiger partial charge in [0.05, 0.1) is 0 Å². The minimum atomic E-state index is -0.133. The number of aliphatic hydroxyl groups is 1. The van der Waals surface area contributed by atoms with E-state index >= 15 is 0 Å². The normalized spacial score (nSPS) is 12.6. The minimum absolute atomic E-state index is 0.0852. The number of benzene rings is 1. The SMILES string of the molecule is Cc1cccc(C=CC(=O)NCC(C)CO)c1. The molecule has 0 radical (unpaired) electrons. The second-order valence-corrected chi connectivity index (χ2v) is 4.28. The molecule has 0 spiro atoms. The van der Waals surface area contributed by atoms with Crippen LogP contribution in [0.1, 0.15) is 18.1 Å². The third kappa shape index (κ3) is 5.31. The lowest BCUT2D eigenvalue weighted by Crippen LogP contribution is -2.27. The highest BCUT2D eigenvalue weighted by atomic mass is 16.3. The van der Waals surface area contributed by atoms with Crippen molar-refractivity contribution in [1.29, 1.82) is 0 Å². The Hall–Kier alpha value is -1.61. The maximum Gasteiger partial charge on any atom is 0.244 e. The van der Waals surface area contributed by atoms with Crippen molar-refractivity contribution >= 4 is 12.0 Å². The summed E-state index contributed by atoms with van der Waals surface area (Å²) in [7, 11) is 0. The lowest BCUT2D eigenvalue weighted by Gasteiger charge is -2.07. The third-order valence-electron chi connectivity index (χ3n) is 2.41. The van der Waals surface area contributed by atoms with Crippen LogP contribution in [0.25, 0.3) is 6.08 Å². The van der Waals surface area contributed by atoms with Crippen molar-refractivity contribution in [2.24, 2.45) is 5.92 Å². The van der Waals surface area contributed by atoms with Crippen LogP contribution in [0.5, 0.6) is 0 Å². The monoisotopic (exact) mass is 233 g/mol. The summed E-state index contributed by atoms with van der Waals surface area (Å²) in [5.74, 6) is -0.0434. The van der Waals surface area contributed by atoms with Crippen molar-refractivity contribution in [1.82, 2.24) is 5.32 Å². The largest absolute Gasteiger partial charge is 0.396 e.